The Kier molecular flexibility index (Phi) is 3.23. The van der Waals surface area contributed by atoms with Crippen molar-refractivity contribution >= 4 is 15.9 Å². The van der Waals surface area contributed by atoms with E-state index in [9.17, 15) is 0 Å². The lowest BCUT2D eigenvalue weighted by Gasteiger charge is -2.22. The molecule has 14 heavy (non-hydrogen) atoms. The Morgan fingerprint density at radius 2 is 2.57 bits per heavy atom. The summed E-state index contributed by atoms with van der Waals surface area (Å²) in [5.41, 5.74) is 1.32. The fourth-order valence-corrected chi connectivity index (χ4v) is 2.55. The van der Waals surface area contributed by atoms with Gasteiger partial charge in [-0.3, -0.25) is 4.68 Å². The van der Waals surface area contributed by atoms with Crippen LogP contribution < -0.4 is 5.32 Å². The van der Waals surface area contributed by atoms with Crippen LogP contribution >= 0.6 is 15.9 Å². The van der Waals surface area contributed by atoms with Gasteiger partial charge in [0.25, 0.3) is 0 Å². The molecule has 1 fully saturated rings. The second-order valence-corrected chi connectivity index (χ2v) is 4.83. The molecule has 0 bridgehead atoms. The van der Waals surface area contributed by atoms with Gasteiger partial charge >= 0.3 is 0 Å². The van der Waals surface area contributed by atoms with Crippen molar-refractivity contribution in [3.63, 3.8) is 0 Å². The van der Waals surface area contributed by atoms with Crippen LogP contribution in [-0.4, -0.2) is 22.9 Å². The Morgan fingerprint density at radius 1 is 1.71 bits per heavy atom. The van der Waals surface area contributed by atoms with E-state index in [1.807, 2.05) is 17.9 Å². The van der Waals surface area contributed by atoms with Crippen molar-refractivity contribution in [3.05, 3.63) is 16.4 Å². The van der Waals surface area contributed by atoms with Gasteiger partial charge in [0.1, 0.15) is 0 Å². The molecule has 0 spiro atoms. The molecule has 1 atom stereocenters. The standard InChI is InChI=1S/C10H16BrN3/c1-14-10(9(11)7-13-14)5-8-3-2-4-12-6-8/h7-8,12H,2-6H2,1H3. The molecule has 2 rings (SSSR count). The average Bonchev–Trinajstić information content (AvgIpc) is 2.51. The molecule has 1 saturated heterocycles. The summed E-state index contributed by atoms with van der Waals surface area (Å²) >= 11 is 3.54. The van der Waals surface area contributed by atoms with Crippen molar-refractivity contribution < 1.29 is 0 Å². The summed E-state index contributed by atoms with van der Waals surface area (Å²) in [6.07, 6.45) is 5.65. The van der Waals surface area contributed by atoms with Gasteiger partial charge in [-0.2, -0.15) is 5.10 Å². The second kappa shape index (κ2) is 4.45. The molecule has 3 nitrogen and oxygen atoms in total. The zero-order valence-corrected chi connectivity index (χ0v) is 10.0. The van der Waals surface area contributed by atoms with Crippen molar-refractivity contribution in [2.24, 2.45) is 13.0 Å². The maximum Gasteiger partial charge on any atom is 0.0635 e. The van der Waals surface area contributed by atoms with Gasteiger partial charge in [0.2, 0.25) is 0 Å². The first-order valence-corrected chi connectivity index (χ1v) is 5.94. The number of hydrogen-bond acceptors (Lipinski definition) is 2. The van der Waals surface area contributed by atoms with E-state index in [1.54, 1.807) is 0 Å². The summed E-state index contributed by atoms with van der Waals surface area (Å²) in [6, 6.07) is 0. The molecule has 2 heterocycles. The topological polar surface area (TPSA) is 29.9 Å². The first-order valence-electron chi connectivity index (χ1n) is 5.14. The molecule has 1 aromatic rings. The Morgan fingerprint density at radius 3 is 3.14 bits per heavy atom. The highest BCUT2D eigenvalue weighted by molar-refractivity contribution is 9.10. The zero-order valence-electron chi connectivity index (χ0n) is 8.46. The van der Waals surface area contributed by atoms with Crippen molar-refractivity contribution in [1.29, 1.82) is 0 Å². The van der Waals surface area contributed by atoms with Crippen LogP contribution in [-0.2, 0) is 13.5 Å². The summed E-state index contributed by atoms with van der Waals surface area (Å²) in [5, 5.41) is 7.67. The van der Waals surface area contributed by atoms with Crippen LogP contribution in [0.5, 0.6) is 0 Å². The van der Waals surface area contributed by atoms with Crippen molar-refractivity contribution in [2.75, 3.05) is 13.1 Å². The summed E-state index contributed by atoms with van der Waals surface area (Å²) in [5.74, 6) is 0.774. The quantitative estimate of drug-likeness (QED) is 0.875. The van der Waals surface area contributed by atoms with Crippen molar-refractivity contribution in [1.82, 2.24) is 15.1 Å². The molecule has 1 unspecified atom stereocenters. The second-order valence-electron chi connectivity index (χ2n) is 3.98. The SMILES string of the molecule is Cn1ncc(Br)c1CC1CCCNC1. The maximum atomic E-state index is 4.23. The van der Waals surface area contributed by atoms with Crippen molar-refractivity contribution in [2.45, 2.75) is 19.3 Å². The van der Waals surface area contributed by atoms with Crippen LogP contribution in [0, 0.1) is 5.92 Å². The molecule has 1 aliphatic rings. The Balaban J connectivity index is 2.02. The van der Waals surface area contributed by atoms with E-state index in [4.69, 9.17) is 0 Å². The van der Waals surface area contributed by atoms with Gasteiger partial charge in [0, 0.05) is 7.05 Å². The van der Waals surface area contributed by atoms with E-state index in [0.29, 0.717) is 0 Å². The maximum absolute atomic E-state index is 4.23. The van der Waals surface area contributed by atoms with Crippen LogP contribution in [0.3, 0.4) is 0 Å². The Bertz CT molecular complexity index is 283. The fourth-order valence-electron chi connectivity index (χ4n) is 2.04. The van der Waals surface area contributed by atoms with Gasteiger partial charge in [-0.1, -0.05) is 0 Å². The minimum atomic E-state index is 0.774. The molecule has 0 saturated carbocycles. The number of nitrogens with one attached hydrogen (secondary N) is 1. The average molecular weight is 258 g/mol. The predicted octanol–water partition coefficient (Wildman–Crippen LogP) is 1.72. The first-order chi connectivity index (χ1) is 6.77. The highest BCUT2D eigenvalue weighted by Gasteiger charge is 2.16. The predicted molar refractivity (Wildman–Crippen MR) is 60.2 cm³/mol. The molecule has 0 radical (unpaired) electrons. The van der Waals surface area contributed by atoms with E-state index in [-0.39, 0.29) is 0 Å². The molecular formula is C10H16BrN3. The van der Waals surface area contributed by atoms with E-state index in [0.717, 1.165) is 23.4 Å². The highest BCUT2D eigenvalue weighted by Crippen LogP contribution is 2.21. The Labute approximate surface area is 93.0 Å². The molecule has 1 aromatic heterocycles. The van der Waals surface area contributed by atoms with Crippen molar-refractivity contribution in [3.8, 4) is 0 Å². The number of piperidine rings is 1. The number of halogens is 1. The summed E-state index contributed by atoms with van der Waals surface area (Å²) < 4.78 is 3.11. The highest BCUT2D eigenvalue weighted by atomic mass is 79.9. The molecule has 78 valence electrons. The summed E-state index contributed by atoms with van der Waals surface area (Å²) in [4.78, 5) is 0. The van der Waals surface area contributed by atoms with Gasteiger partial charge < -0.3 is 5.32 Å². The lowest BCUT2D eigenvalue weighted by Crippen LogP contribution is -2.31. The number of rotatable bonds is 2. The smallest absolute Gasteiger partial charge is 0.0635 e. The molecule has 0 aliphatic carbocycles. The third kappa shape index (κ3) is 2.17. The lowest BCUT2D eigenvalue weighted by molar-refractivity contribution is 0.369. The number of aryl methyl sites for hydroxylation is 1. The monoisotopic (exact) mass is 257 g/mol. The number of hydrogen-bond donors (Lipinski definition) is 1. The number of aromatic nitrogens is 2. The van der Waals surface area contributed by atoms with E-state index < -0.39 is 0 Å². The fraction of sp³-hybridized carbons (Fsp3) is 0.700. The minimum absolute atomic E-state index is 0.774. The molecule has 1 N–H and O–H groups in total. The molecule has 1 aliphatic heterocycles. The third-order valence-corrected chi connectivity index (χ3v) is 3.55. The van der Waals surface area contributed by atoms with Crippen LogP contribution in [0.2, 0.25) is 0 Å². The zero-order chi connectivity index (χ0) is 9.97. The van der Waals surface area contributed by atoms with Gasteiger partial charge in [-0.15, -0.1) is 0 Å². The van der Waals surface area contributed by atoms with E-state index in [2.05, 4.69) is 26.3 Å². The molecule has 4 heteroatoms. The third-order valence-electron chi connectivity index (χ3n) is 2.89. The van der Waals surface area contributed by atoms with Gasteiger partial charge in [0.15, 0.2) is 0 Å². The summed E-state index contributed by atoms with van der Waals surface area (Å²) in [6.45, 7) is 2.33. The largest absolute Gasteiger partial charge is 0.316 e. The lowest BCUT2D eigenvalue weighted by atomic mass is 9.95. The first kappa shape index (κ1) is 10.2. The van der Waals surface area contributed by atoms with Gasteiger partial charge in [-0.05, 0) is 54.2 Å². The number of nitrogens with zero attached hydrogens (tertiary/aromatic N) is 2. The van der Waals surface area contributed by atoms with Gasteiger partial charge in [-0.25, -0.2) is 0 Å². The van der Waals surface area contributed by atoms with Crippen LogP contribution in [0.4, 0.5) is 0 Å². The van der Waals surface area contributed by atoms with E-state index in [1.165, 1.54) is 25.1 Å². The Hall–Kier alpha value is -0.350. The van der Waals surface area contributed by atoms with Crippen LogP contribution in [0.25, 0.3) is 0 Å². The van der Waals surface area contributed by atoms with Crippen LogP contribution in [0.1, 0.15) is 18.5 Å². The van der Waals surface area contributed by atoms with E-state index >= 15 is 0 Å². The normalized spacial score (nSPS) is 22.6. The van der Waals surface area contributed by atoms with Gasteiger partial charge in [0.05, 0.1) is 16.4 Å². The molecule has 0 aromatic carbocycles. The molecule has 0 amide bonds. The molecular weight excluding hydrogens is 242 g/mol. The van der Waals surface area contributed by atoms with Crippen LogP contribution in [0.15, 0.2) is 10.7 Å². The summed E-state index contributed by atoms with van der Waals surface area (Å²) in [7, 11) is 2.01. The minimum Gasteiger partial charge on any atom is -0.316 e.